The van der Waals surface area contributed by atoms with Crippen molar-refractivity contribution in [1.82, 2.24) is 15.0 Å². The van der Waals surface area contributed by atoms with Crippen molar-refractivity contribution in [3.8, 4) is 0 Å². The minimum Gasteiger partial charge on any atom is -0.320 e. The number of hydrogen-bond acceptors (Lipinski definition) is 4. The Morgan fingerprint density at radius 2 is 2.00 bits per heavy atom. The molecule has 0 aliphatic heterocycles. The molecule has 76 valence electrons. The second-order valence-electron chi connectivity index (χ2n) is 3.33. The minimum atomic E-state index is -0.208. The fraction of sp³-hybridized carbons (Fsp3) is 0.182. The molecular weight excluding hydrogens is 188 g/mol. The van der Waals surface area contributed by atoms with Gasteiger partial charge in [-0.1, -0.05) is 6.07 Å². The van der Waals surface area contributed by atoms with Gasteiger partial charge >= 0.3 is 0 Å². The molecule has 0 aliphatic carbocycles. The van der Waals surface area contributed by atoms with Gasteiger partial charge in [0.15, 0.2) is 0 Å². The number of nitrogens with zero attached hydrogens (tertiary/aromatic N) is 3. The first-order valence-electron chi connectivity index (χ1n) is 4.71. The zero-order chi connectivity index (χ0) is 10.7. The summed E-state index contributed by atoms with van der Waals surface area (Å²) in [6.45, 7) is 1.94. The quantitative estimate of drug-likeness (QED) is 0.791. The fourth-order valence-corrected chi connectivity index (χ4v) is 1.48. The smallest absolute Gasteiger partial charge is 0.115 e. The molecular formula is C11H12N4. The largest absolute Gasteiger partial charge is 0.320 e. The average Bonchev–Trinajstić information content (AvgIpc) is 2.30. The molecule has 2 rings (SSSR count). The summed E-state index contributed by atoms with van der Waals surface area (Å²) in [7, 11) is 0. The zero-order valence-electron chi connectivity index (χ0n) is 8.46. The lowest BCUT2D eigenvalue weighted by Gasteiger charge is -2.12. The maximum atomic E-state index is 6.10. The van der Waals surface area contributed by atoms with E-state index in [1.807, 2.05) is 19.1 Å². The van der Waals surface area contributed by atoms with Crippen LogP contribution >= 0.6 is 0 Å². The van der Waals surface area contributed by atoms with Crippen LogP contribution in [-0.4, -0.2) is 15.0 Å². The minimum absolute atomic E-state index is 0.208. The molecule has 0 amide bonds. The number of nitrogens with two attached hydrogens (primary N) is 1. The van der Waals surface area contributed by atoms with E-state index in [4.69, 9.17) is 5.73 Å². The standard InChI is InChI=1S/C11H12N4/c1-8-10(3-2-4-15-8)11(12)9-5-13-7-14-6-9/h2-7,11H,12H2,1H3. The molecule has 0 saturated carbocycles. The molecule has 2 aromatic rings. The molecule has 2 heterocycles. The summed E-state index contributed by atoms with van der Waals surface area (Å²) in [4.78, 5) is 12.1. The normalized spacial score (nSPS) is 12.4. The Morgan fingerprint density at radius 3 is 2.67 bits per heavy atom. The molecule has 1 unspecified atom stereocenters. The monoisotopic (exact) mass is 200 g/mol. The van der Waals surface area contributed by atoms with E-state index >= 15 is 0 Å². The highest BCUT2D eigenvalue weighted by Crippen LogP contribution is 2.19. The maximum absolute atomic E-state index is 6.10. The summed E-state index contributed by atoms with van der Waals surface area (Å²) in [5.41, 5.74) is 8.94. The van der Waals surface area contributed by atoms with Gasteiger partial charge in [0.1, 0.15) is 6.33 Å². The predicted octanol–water partition coefficient (Wildman–Crippen LogP) is 1.23. The van der Waals surface area contributed by atoms with Crippen molar-refractivity contribution < 1.29 is 0 Å². The second-order valence-corrected chi connectivity index (χ2v) is 3.33. The van der Waals surface area contributed by atoms with Crippen LogP contribution in [0.1, 0.15) is 22.9 Å². The van der Waals surface area contributed by atoms with E-state index in [0.717, 1.165) is 16.8 Å². The third-order valence-corrected chi connectivity index (χ3v) is 2.32. The van der Waals surface area contributed by atoms with Crippen LogP contribution < -0.4 is 5.73 Å². The molecule has 1 atom stereocenters. The van der Waals surface area contributed by atoms with Crippen LogP contribution in [0, 0.1) is 6.92 Å². The summed E-state index contributed by atoms with van der Waals surface area (Å²) in [6, 6.07) is 3.64. The second kappa shape index (κ2) is 4.14. The highest BCUT2D eigenvalue weighted by molar-refractivity contribution is 5.30. The summed E-state index contributed by atoms with van der Waals surface area (Å²) in [6.07, 6.45) is 6.70. The maximum Gasteiger partial charge on any atom is 0.115 e. The van der Waals surface area contributed by atoms with Crippen molar-refractivity contribution in [1.29, 1.82) is 0 Å². The van der Waals surface area contributed by atoms with Gasteiger partial charge in [-0.3, -0.25) is 4.98 Å². The predicted molar refractivity (Wildman–Crippen MR) is 57.0 cm³/mol. The fourth-order valence-electron chi connectivity index (χ4n) is 1.48. The lowest BCUT2D eigenvalue weighted by atomic mass is 10.0. The van der Waals surface area contributed by atoms with Crippen LogP contribution in [0.2, 0.25) is 0 Å². The van der Waals surface area contributed by atoms with Gasteiger partial charge in [-0.15, -0.1) is 0 Å². The molecule has 0 fully saturated rings. The molecule has 4 heteroatoms. The van der Waals surface area contributed by atoms with Crippen molar-refractivity contribution in [3.05, 3.63) is 53.9 Å². The van der Waals surface area contributed by atoms with E-state index in [1.165, 1.54) is 6.33 Å². The average molecular weight is 200 g/mol. The Hall–Kier alpha value is -1.81. The number of rotatable bonds is 2. The SMILES string of the molecule is Cc1ncccc1C(N)c1cncnc1. The summed E-state index contributed by atoms with van der Waals surface area (Å²) in [5, 5.41) is 0. The van der Waals surface area contributed by atoms with Gasteiger partial charge in [0, 0.05) is 29.8 Å². The van der Waals surface area contributed by atoms with Crippen molar-refractivity contribution in [2.45, 2.75) is 13.0 Å². The number of aromatic nitrogens is 3. The Balaban J connectivity index is 2.37. The van der Waals surface area contributed by atoms with E-state index in [2.05, 4.69) is 15.0 Å². The molecule has 0 radical (unpaired) electrons. The molecule has 0 aliphatic rings. The Bertz CT molecular complexity index is 441. The van der Waals surface area contributed by atoms with E-state index in [0.29, 0.717) is 0 Å². The summed E-state index contributed by atoms with van der Waals surface area (Å²) >= 11 is 0. The molecule has 2 N–H and O–H groups in total. The molecule has 0 aromatic carbocycles. The van der Waals surface area contributed by atoms with Gasteiger partial charge < -0.3 is 5.73 Å². The van der Waals surface area contributed by atoms with Gasteiger partial charge in [-0.2, -0.15) is 0 Å². The van der Waals surface area contributed by atoms with Crippen LogP contribution in [0.4, 0.5) is 0 Å². The Kier molecular flexibility index (Phi) is 2.69. The van der Waals surface area contributed by atoms with E-state index in [9.17, 15) is 0 Å². The highest BCUT2D eigenvalue weighted by Gasteiger charge is 2.11. The van der Waals surface area contributed by atoms with Gasteiger partial charge in [0.2, 0.25) is 0 Å². The third kappa shape index (κ3) is 1.99. The van der Waals surface area contributed by atoms with Crippen LogP contribution in [0.3, 0.4) is 0 Å². The summed E-state index contributed by atoms with van der Waals surface area (Å²) in [5.74, 6) is 0. The Labute approximate surface area is 88.2 Å². The van der Waals surface area contributed by atoms with Crippen LogP contribution in [0.5, 0.6) is 0 Å². The lowest BCUT2D eigenvalue weighted by Crippen LogP contribution is -2.14. The van der Waals surface area contributed by atoms with Gasteiger partial charge in [-0.05, 0) is 18.6 Å². The van der Waals surface area contributed by atoms with Crippen molar-refractivity contribution in [2.24, 2.45) is 5.73 Å². The van der Waals surface area contributed by atoms with Crippen molar-refractivity contribution in [2.75, 3.05) is 0 Å². The molecule has 0 bridgehead atoms. The van der Waals surface area contributed by atoms with E-state index in [-0.39, 0.29) is 6.04 Å². The van der Waals surface area contributed by atoms with Crippen molar-refractivity contribution in [3.63, 3.8) is 0 Å². The first-order valence-corrected chi connectivity index (χ1v) is 4.71. The molecule has 4 nitrogen and oxygen atoms in total. The first-order chi connectivity index (χ1) is 7.29. The van der Waals surface area contributed by atoms with Crippen LogP contribution in [0.15, 0.2) is 37.1 Å². The van der Waals surface area contributed by atoms with Gasteiger partial charge in [-0.25, -0.2) is 9.97 Å². The van der Waals surface area contributed by atoms with Gasteiger partial charge in [0.05, 0.1) is 6.04 Å². The lowest BCUT2D eigenvalue weighted by molar-refractivity contribution is 0.831. The Morgan fingerprint density at radius 1 is 1.27 bits per heavy atom. The van der Waals surface area contributed by atoms with Gasteiger partial charge in [0.25, 0.3) is 0 Å². The molecule has 0 spiro atoms. The highest BCUT2D eigenvalue weighted by atomic mass is 14.8. The van der Waals surface area contributed by atoms with Crippen LogP contribution in [0.25, 0.3) is 0 Å². The van der Waals surface area contributed by atoms with Crippen LogP contribution in [-0.2, 0) is 0 Å². The molecule has 0 saturated heterocycles. The summed E-state index contributed by atoms with van der Waals surface area (Å²) < 4.78 is 0. The number of pyridine rings is 1. The molecule has 2 aromatic heterocycles. The third-order valence-electron chi connectivity index (χ3n) is 2.32. The number of aryl methyl sites for hydroxylation is 1. The van der Waals surface area contributed by atoms with Crippen molar-refractivity contribution >= 4 is 0 Å². The number of hydrogen-bond donors (Lipinski definition) is 1. The van der Waals surface area contributed by atoms with E-state index in [1.54, 1.807) is 18.6 Å². The zero-order valence-corrected chi connectivity index (χ0v) is 8.46. The molecule has 15 heavy (non-hydrogen) atoms. The first kappa shape index (κ1) is 9.73. The van der Waals surface area contributed by atoms with E-state index < -0.39 is 0 Å². The topological polar surface area (TPSA) is 64.7 Å².